The van der Waals surface area contributed by atoms with Gasteiger partial charge in [-0.05, 0) is 48.7 Å². The number of H-pyrrole nitrogens is 1. The van der Waals surface area contributed by atoms with Crippen molar-refractivity contribution in [2.24, 2.45) is 0 Å². The first-order valence-corrected chi connectivity index (χ1v) is 10.6. The van der Waals surface area contributed by atoms with Gasteiger partial charge in [-0.15, -0.1) is 0 Å². The molecule has 2 aromatic heterocycles. The van der Waals surface area contributed by atoms with Gasteiger partial charge in [0.1, 0.15) is 18.0 Å². The number of nitrogens with one attached hydrogen (secondary N) is 1. The molecule has 0 spiro atoms. The molecular formula is C25H24N2O4. The molecule has 5 rings (SSSR count). The SMILES string of the molecule is CCC1(CC(=O)O)OCCc2c1[nH]c1ccc(OCc3ccc4ccccc4n3)cc21. The van der Waals surface area contributed by atoms with Crippen molar-refractivity contribution in [3.8, 4) is 5.75 Å². The number of carboxylic acid groups (broad SMARTS) is 1. The number of carbonyl (C=O) groups is 1. The van der Waals surface area contributed by atoms with Crippen molar-refractivity contribution in [3.63, 3.8) is 0 Å². The summed E-state index contributed by atoms with van der Waals surface area (Å²) in [4.78, 5) is 19.6. The number of rotatable bonds is 6. The molecule has 0 amide bonds. The summed E-state index contributed by atoms with van der Waals surface area (Å²) in [5, 5.41) is 11.6. The molecule has 31 heavy (non-hydrogen) atoms. The van der Waals surface area contributed by atoms with Gasteiger partial charge < -0.3 is 19.6 Å². The van der Waals surface area contributed by atoms with Crippen molar-refractivity contribution in [1.82, 2.24) is 9.97 Å². The molecule has 0 aliphatic carbocycles. The Kier molecular flexibility index (Phi) is 4.87. The van der Waals surface area contributed by atoms with Gasteiger partial charge in [-0.1, -0.05) is 31.2 Å². The Labute approximate surface area is 179 Å². The summed E-state index contributed by atoms with van der Waals surface area (Å²) >= 11 is 0. The molecule has 1 aliphatic heterocycles. The maximum Gasteiger partial charge on any atom is 0.306 e. The minimum atomic E-state index is -0.861. The number of para-hydroxylation sites is 1. The van der Waals surface area contributed by atoms with Crippen LogP contribution in [0, 0.1) is 0 Å². The molecule has 0 bridgehead atoms. The zero-order chi connectivity index (χ0) is 21.4. The number of aromatic amines is 1. The van der Waals surface area contributed by atoms with E-state index in [-0.39, 0.29) is 6.42 Å². The maximum atomic E-state index is 11.5. The minimum Gasteiger partial charge on any atom is -0.487 e. The van der Waals surface area contributed by atoms with Crippen LogP contribution in [0.25, 0.3) is 21.8 Å². The number of benzene rings is 2. The van der Waals surface area contributed by atoms with Gasteiger partial charge in [0.2, 0.25) is 0 Å². The standard InChI is InChI=1S/C25H24N2O4/c1-2-25(14-23(28)29)24-19(11-12-31-25)20-13-18(9-10-22(20)27-24)30-15-17-8-7-16-5-3-4-6-21(16)26-17/h3-10,13,27H,2,11-12,14-15H2,1H3,(H,28,29). The van der Waals surface area contributed by atoms with E-state index < -0.39 is 11.6 Å². The second-order valence-corrected chi connectivity index (χ2v) is 7.99. The van der Waals surface area contributed by atoms with Gasteiger partial charge in [-0.25, -0.2) is 4.98 Å². The Morgan fingerprint density at radius 1 is 1.23 bits per heavy atom. The molecule has 1 aliphatic rings. The van der Waals surface area contributed by atoms with Gasteiger partial charge in [0.25, 0.3) is 0 Å². The molecule has 3 heterocycles. The Morgan fingerprint density at radius 3 is 2.94 bits per heavy atom. The average molecular weight is 416 g/mol. The lowest BCUT2D eigenvalue weighted by atomic mass is 9.86. The number of aliphatic carboxylic acids is 1. The maximum absolute atomic E-state index is 11.5. The first kappa shape index (κ1) is 19.6. The zero-order valence-corrected chi connectivity index (χ0v) is 17.4. The second kappa shape index (κ2) is 7.71. The third-order valence-electron chi connectivity index (χ3n) is 6.11. The van der Waals surface area contributed by atoms with E-state index in [1.165, 1.54) is 0 Å². The number of hydrogen-bond donors (Lipinski definition) is 2. The minimum absolute atomic E-state index is 0.0552. The van der Waals surface area contributed by atoms with Crippen molar-refractivity contribution in [2.45, 2.75) is 38.4 Å². The Hall–Kier alpha value is -3.38. The normalized spacial score (nSPS) is 18.2. The van der Waals surface area contributed by atoms with E-state index in [9.17, 15) is 9.90 Å². The van der Waals surface area contributed by atoms with Crippen LogP contribution in [0.5, 0.6) is 5.75 Å². The Bertz CT molecular complexity index is 1280. The topological polar surface area (TPSA) is 84.4 Å². The molecule has 4 aromatic rings. The molecule has 2 N–H and O–H groups in total. The van der Waals surface area contributed by atoms with E-state index in [1.807, 2.05) is 55.5 Å². The van der Waals surface area contributed by atoms with E-state index in [0.717, 1.165) is 50.9 Å². The number of hydrogen-bond acceptors (Lipinski definition) is 4. The molecule has 1 unspecified atom stereocenters. The van der Waals surface area contributed by atoms with Crippen LogP contribution in [-0.2, 0) is 28.2 Å². The number of fused-ring (bicyclic) bond motifs is 4. The number of carboxylic acids is 1. The van der Waals surface area contributed by atoms with Crippen LogP contribution in [0.2, 0.25) is 0 Å². The molecule has 0 radical (unpaired) electrons. The number of aromatic nitrogens is 2. The summed E-state index contributed by atoms with van der Waals surface area (Å²) < 4.78 is 12.1. The Balaban J connectivity index is 1.44. The Morgan fingerprint density at radius 2 is 2.10 bits per heavy atom. The van der Waals surface area contributed by atoms with Crippen LogP contribution in [0.3, 0.4) is 0 Å². The van der Waals surface area contributed by atoms with Crippen molar-refractivity contribution < 1.29 is 19.4 Å². The fraction of sp³-hybridized carbons (Fsp3) is 0.280. The molecule has 6 heteroatoms. The molecule has 0 saturated heterocycles. The highest BCUT2D eigenvalue weighted by Crippen LogP contribution is 2.42. The fourth-order valence-corrected chi connectivity index (χ4v) is 4.52. The number of ether oxygens (including phenoxy) is 2. The third-order valence-corrected chi connectivity index (χ3v) is 6.11. The molecule has 0 fully saturated rings. The quantitative estimate of drug-likeness (QED) is 0.465. The van der Waals surface area contributed by atoms with E-state index in [0.29, 0.717) is 19.6 Å². The molecule has 6 nitrogen and oxygen atoms in total. The summed E-state index contributed by atoms with van der Waals surface area (Å²) in [7, 11) is 0. The lowest BCUT2D eigenvalue weighted by molar-refractivity contribution is -0.148. The average Bonchev–Trinajstić information content (AvgIpc) is 3.16. The fourth-order valence-electron chi connectivity index (χ4n) is 4.52. The third kappa shape index (κ3) is 3.53. The van der Waals surface area contributed by atoms with Crippen LogP contribution >= 0.6 is 0 Å². The highest BCUT2D eigenvalue weighted by atomic mass is 16.5. The van der Waals surface area contributed by atoms with Crippen molar-refractivity contribution in [2.75, 3.05) is 6.61 Å². The van der Waals surface area contributed by atoms with E-state index in [4.69, 9.17) is 9.47 Å². The van der Waals surface area contributed by atoms with Crippen molar-refractivity contribution in [3.05, 3.63) is 71.5 Å². The van der Waals surface area contributed by atoms with Crippen LogP contribution in [0.1, 0.15) is 36.7 Å². The van der Waals surface area contributed by atoms with Gasteiger partial charge in [0, 0.05) is 16.3 Å². The predicted molar refractivity (Wildman–Crippen MR) is 118 cm³/mol. The summed E-state index contributed by atoms with van der Waals surface area (Å²) in [5.41, 5.74) is 3.98. The van der Waals surface area contributed by atoms with Crippen molar-refractivity contribution >= 4 is 27.8 Å². The molecule has 158 valence electrons. The largest absolute Gasteiger partial charge is 0.487 e. The lowest BCUT2D eigenvalue weighted by Crippen LogP contribution is -2.37. The van der Waals surface area contributed by atoms with Gasteiger partial charge in [-0.3, -0.25) is 4.79 Å². The molecule has 0 saturated carbocycles. The zero-order valence-electron chi connectivity index (χ0n) is 17.4. The predicted octanol–water partition coefficient (Wildman–Crippen LogP) is 4.95. The first-order chi connectivity index (χ1) is 15.1. The van der Waals surface area contributed by atoms with Crippen LogP contribution in [0.4, 0.5) is 0 Å². The second-order valence-electron chi connectivity index (χ2n) is 7.99. The summed E-state index contributed by atoms with van der Waals surface area (Å²) in [6.45, 7) is 2.85. The van der Waals surface area contributed by atoms with Gasteiger partial charge in [0.15, 0.2) is 0 Å². The summed E-state index contributed by atoms with van der Waals surface area (Å²) in [6.07, 6.45) is 1.28. The van der Waals surface area contributed by atoms with Crippen molar-refractivity contribution in [1.29, 1.82) is 0 Å². The van der Waals surface area contributed by atoms with E-state index in [1.54, 1.807) is 0 Å². The van der Waals surface area contributed by atoms with Crippen LogP contribution in [0.15, 0.2) is 54.6 Å². The van der Waals surface area contributed by atoms with Gasteiger partial charge in [-0.2, -0.15) is 0 Å². The number of pyridine rings is 1. The first-order valence-electron chi connectivity index (χ1n) is 10.6. The molecule has 1 atom stereocenters. The van der Waals surface area contributed by atoms with E-state index >= 15 is 0 Å². The van der Waals surface area contributed by atoms with Crippen LogP contribution in [-0.4, -0.2) is 27.7 Å². The van der Waals surface area contributed by atoms with Gasteiger partial charge >= 0.3 is 5.97 Å². The summed E-state index contributed by atoms with van der Waals surface area (Å²) in [5.74, 6) is -0.101. The van der Waals surface area contributed by atoms with E-state index in [2.05, 4.69) is 16.0 Å². The monoisotopic (exact) mass is 416 g/mol. The highest BCUT2D eigenvalue weighted by molar-refractivity contribution is 5.87. The number of nitrogens with zero attached hydrogens (tertiary/aromatic N) is 1. The van der Waals surface area contributed by atoms with Crippen LogP contribution < -0.4 is 4.74 Å². The molecular weight excluding hydrogens is 392 g/mol. The smallest absolute Gasteiger partial charge is 0.306 e. The van der Waals surface area contributed by atoms with Gasteiger partial charge in [0.05, 0.1) is 29.9 Å². The lowest BCUT2D eigenvalue weighted by Gasteiger charge is -2.35. The summed E-state index contributed by atoms with van der Waals surface area (Å²) in [6, 6.07) is 18.0. The molecule has 2 aromatic carbocycles. The highest BCUT2D eigenvalue weighted by Gasteiger charge is 2.40.